The number of halogens is 8. The SMILES string of the molecule is CCc1c(NC(=O)C(N=Nc2cc(Cl)cc(C(=O)Nc3cc(Cl)cc(Cl)c3Cl)c2)C(C)=O)ccc(NC(=O)C(N=Nc2cc(Cl)cc(C(=O)Nc3cc(Cl)cc(Cl)c3Cl)c2)C(C)=O)c1CC. The lowest BCUT2D eigenvalue weighted by molar-refractivity contribution is -0.127. The van der Waals surface area contributed by atoms with Crippen LogP contribution in [0.4, 0.5) is 34.1 Å². The molecule has 0 aromatic heterocycles. The molecule has 66 heavy (non-hydrogen) atoms. The number of hydrogen-bond acceptors (Lipinski definition) is 10. The number of nitrogens with zero attached hydrogens (tertiary/aromatic N) is 4. The van der Waals surface area contributed by atoms with Crippen LogP contribution in [-0.2, 0) is 32.0 Å². The van der Waals surface area contributed by atoms with Crippen molar-refractivity contribution in [1.82, 2.24) is 0 Å². The molecule has 0 aliphatic rings. The van der Waals surface area contributed by atoms with Crippen LogP contribution in [-0.4, -0.2) is 47.3 Å². The van der Waals surface area contributed by atoms with Crippen molar-refractivity contribution in [2.24, 2.45) is 20.5 Å². The van der Waals surface area contributed by atoms with Crippen molar-refractivity contribution < 1.29 is 28.8 Å². The van der Waals surface area contributed by atoms with Gasteiger partial charge in [-0.1, -0.05) is 107 Å². The van der Waals surface area contributed by atoms with Crippen LogP contribution >= 0.6 is 92.8 Å². The van der Waals surface area contributed by atoms with Gasteiger partial charge in [0, 0.05) is 42.6 Å². The molecule has 0 heterocycles. The fourth-order valence-corrected chi connectivity index (χ4v) is 7.99. The maximum Gasteiger partial charge on any atom is 0.258 e. The van der Waals surface area contributed by atoms with E-state index < -0.39 is 47.3 Å². The van der Waals surface area contributed by atoms with Gasteiger partial charge in [0.25, 0.3) is 23.6 Å². The van der Waals surface area contributed by atoms with Gasteiger partial charge in [-0.25, -0.2) is 0 Å². The highest BCUT2D eigenvalue weighted by Crippen LogP contribution is 2.36. The molecule has 0 saturated heterocycles. The molecule has 4 N–H and O–H groups in total. The number of nitrogens with one attached hydrogen (secondary N) is 4. The van der Waals surface area contributed by atoms with Gasteiger partial charge in [-0.3, -0.25) is 28.8 Å². The molecular weight excluding hydrogens is 1020 g/mol. The average molecular weight is 1050 g/mol. The minimum Gasteiger partial charge on any atom is -0.323 e. The van der Waals surface area contributed by atoms with Crippen LogP contribution in [0.1, 0.15) is 59.5 Å². The van der Waals surface area contributed by atoms with E-state index in [0.717, 1.165) is 13.8 Å². The molecule has 2 unspecified atom stereocenters. The average Bonchev–Trinajstić information content (AvgIpc) is 3.24. The van der Waals surface area contributed by atoms with E-state index in [0.29, 0.717) is 35.3 Å². The number of benzene rings is 5. The second-order valence-electron chi connectivity index (χ2n) is 14.1. The lowest BCUT2D eigenvalue weighted by atomic mass is 9.98. The first kappa shape index (κ1) is 51.8. The van der Waals surface area contributed by atoms with E-state index in [1.807, 2.05) is 13.8 Å². The Morgan fingerprint density at radius 1 is 0.470 bits per heavy atom. The van der Waals surface area contributed by atoms with Crippen molar-refractivity contribution >= 4 is 162 Å². The summed E-state index contributed by atoms with van der Waals surface area (Å²) in [5.74, 6) is -4.20. The number of anilines is 4. The molecular formula is C44H34Cl8N8O6. The van der Waals surface area contributed by atoms with E-state index in [4.69, 9.17) is 92.8 Å². The van der Waals surface area contributed by atoms with Crippen LogP contribution in [0.2, 0.25) is 40.2 Å². The van der Waals surface area contributed by atoms with E-state index in [2.05, 4.69) is 41.7 Å². The van der Waals surface area contributed by atoms with E-state index in [9.17, 15) is 28.8 Å². The lowest BCUT2D eigenvalue weighted by Gasteiger charge is -2.20. The van der Waals surface area contributed by atoms with Gasteiger partial charge in [-0.2, -0.15) is 20.5 Å². The van der Waals surface area contributed by atoms with Crippen molar-refractivity contribution in [3.8, 4) is 0 Å². The lowest BCUT2D eigenvalue weighted by Crippen LogP contribution is -2.33. The smallest absolute Gasteiger partial charge is 0.258 e. The molecule has 14 nitrogen and oxygen atoms in total. The summed E-state index contributed by atoms with van der Waals surface area (Å²) in [5.41, 5.74) is 2.37. The zero-order valence-electron chi connectivity index (χ0n) is 34.8. The summed E-state index contributed by atoms with van der Waals surface area (Å²) >= 11 is 49.3. The van der Waals surface area contributed by atoms with Gasteiger partial charge in [-0.15, -0.1) is 0 Å². The van der Waals surface area contributed by atoms with Crippen LogP contribution in [0.3, 0.4) is 0 Å². The molecule has 2 atom stereocenters. The summed E-state index contributed by atoms with van der Waals surface area (Å²) in [5, 5.41) is 27.8. The quantitative estimate of drug-likeness (QED) is 0.0430. The van der Waals surface area contributed by atoms with Gasteiger partial charge in [-0.05, 0) is 111 Å². The van der Waals surface area contributed by atoms with Gasteiger partial charge in [0.1, 0.15) is 0 Å². The summed E-state index contributed by atoms with van der Waals surface area (Å²) in [6.07, 6.45) is 0.734. The molecule has 0 bridgehead atoms. The first-order valence-corrected chi connectivity index (χ1v) is 22.3. The Hall–Kier alpha value is -5.16. The van der Waals surface area contributed by atoms with E-state index in [1.54, 1.807) is 0 Å². The van der Waals surface area contributed by atoms with Gasteiger partial charge in [0.05, 0.1) is 42.8 Å². The number of hydrogen-bond donors (Lipinski definition) is 4. The van der Waals surface area contributed by atoms with Crippen LogP contribution in [0.25, 0.3) is 0 Å². The van der Waals surface area contributed by atoms with Gasteiger partial charge in [0.2, 0.25) is 12.1 Å². The number of ketones is 2. The fourth-order valence-electron chi connectivity index (χ4n) is 6.23. The second kappa shape index (κ2) is 23.0. The van der Waals surface area contributed by atoms with Crippen molar-refractivity contribution in [2.75, 3.05) is 21.3 Å². The summed E-state index contributed by atoms with van der Waals surface area (Å²) in [4.78, 5) is 78.9. The Balaban J connectivity index is 1.32. The number of rotatable bonds is 16. The van der Waals surface area contributed by atoms with E-state index in [1.165, 1.54) is 72.8 Å². The second-order valence-corrected chi connectivity index (χ2v) is 17.4. The summed E-state index contributed by atoms with van der Waals surface area (Å²) in [6.45, 7) is 5.98. The number of carbonyl (C=O) groups excluding carboxylic acids is 6. The summed E-state index contributed by atoms with van der Waals surface area (Å²) in [7, 11) is 0. The van der Waals surface area contributed by atoms with Crippen molar-refractivity contribution in [3.63, 3.8) is 0 Å². The molecule has 5 rings (SSSR count). The predicted octanol–water partition coefficient (Wildman–Crippen LogP) is 13.9. The highest BCUT2D eigenvalue weighted by Gasteiger charge is 2.27. The topological polar surface area (TPSA) is 200 Å². The monoisotopic (exact) mass is 1050 g/mol. The summed E-state index contributed by atoms with van der Waals surface area (Å²) < 4.78 is 0. The number of amides is 4. The Morgan fingerprint density at radius 2 is 0.818 bits per heavy atom. The molecule has 0 radical (unpaired) electrons. The van der Waals surface area contributed by atoms with Crippen molar-refractivity contribution in [2.45, 2.75) is 52.6 Å². The van der Waals surface area contributed by atoms with Crippen molar-refractivity contribution in [3.05, 3.63) is 135 Å². The Labute approximate surface area is 417 Å². The predicted molar refractivity (Wildman–Crippen MR) is 262 cm³/mol. The third-order valence-electron chi connectivity index (χ3n) is 9.27. The normalized spacial score (nSPS) is 12.2. The van der Waals surface area contributed by atoms with E-state index in [-0.39, 0.29) is 74.1 Å². The molecule has 5 aromatic rings. The number of azo groups is 2. The minimum absolute atomic E-state index is 0.0436. The van der Waals surface area contributed by atoms with Crippen LogP contribution < -0.4 is 21.3 Å². The molecule has 0 aliphatic heterocycles. The molecule has 4 amide bonds. The molecule has 342 valence electrons. The molecule has 0 fully saturated rings. The van der Waals surface area contributed by atoms with Crippen molar-refractivity contribution in [1.29, 1.82) is 0 Å². The molecule has 0 aliphatic carbocycles. The Kier molecular flexibility index (Phi) is 18.1. The van der Waals surface area contributed by atoms with Gasteiger partial charge >= 0.3 is 0 Å². The third kappa shape index (κ3) is 13.3. The minimum atomic E-state index is -1.62. The maximum atomic E-state index is 13.6. The highest BCUT2D eigenvalue weighted by atomic mass is 35.5. The number of Topliss-reactive ketones (excluding diaryl/α,β-unsaturated/α-hetero) is 2. The Morgan fingerprint density at radius 3 is 1.15 bits per heavy atom. The molecule has 22 heteroatoms. The van der Waals surface area contributed by atoms with Gasteiger partial charge < -0.3 is 21.3 Å². The third-order valence-corrected chi connectivity index (χ3v) is 11.7. The van der Waals surface area contributed by atoms with Crippen LogP contribution in [0.5, 0.6) is 0 Å². The van der Waals surface area contributed by atoms with Crippen LogP contribution in [0.15, 0.2) is 93.3 Å². The molecule has 0 spiro atoms. The van der Waals surface area contributed by atoms with Gasteiger partial charge in [0.15, 0.2) is 11.6 Å². The largest absolute Gasteiger partial charge is 0.323 e. The first-order chi connectivity index (χ1) is 31.2. The first-order valence-electron chi connectivity index (χ1n) is 19.3. The summed E-state index contributed by atoms with van der Waals surface area (Å²) in [6, 6.07) is 13.6. The molecule has 0 saturated carbocycles. The highest BCUT2D eigenvalue weighted by molar-refractivity contribution is 6.46. The zero-order chi connectivity index (χ0) is 48.6. The van der Waals surface area contributed by atoms with Crippen LogP contribution in [0, 0.1) is 0 Å². The van der Waals surface area contributed by atoms with E-state index >= 15 is 0 Å². The maximum absolute atomic E-state index is 13.6. The zero-order valence-corrected chi connectivity index (χ0v) is 40.8. The number of carbonyl (C=O) groups is 6. The molecule has 5 aromatic carbocycles. The fraction of sp³-hybridized carbons (Fsp3) is 0.182. The Bertz CT molecular complexity index is 2670. The standard InChI is InChI=1S/C44H34Cl8N8O6/c1-5-29-30(6-2)34(54-44(66)40(20(4)62)60-58-28-12-22(10-24(46)14-28)42(64)56-36-18-26(48)16-32(50)38(36)52)8-7-33(29)53-43(65)39(19(3)61)59-57-27-11-21(9-23(45)13-27)41(63)55-35-17-25(47)15-31(49)37(35)51/h7-18,39-40H,5-6H2,1-4H3,(H,53,65)(H,54,66)(H,55,63)(H,56,64).